The average Bonchev–Trinajstić information content (AvgIpc) is 3.31. The largest absolute Gasteiger partial charge is 0.368 e. The molecule has 4 heterocycles. The van der Waals surface area contributed by atoms with Gasteiger partial charge >= 0.3 is 0 Å². The van der Waals surface area contributed by atoms with E-state index in [1.807, 2.05) is 12.3 Å². The standard InChI is InChI=1S/C18H20N6O/c1-2-4-13(5-3-1)18-14(8-19-21-18)10-23-7-6-16-17(11-23)25-12-15-9-20-22-24(15)16/h1-5,8-9,16-17H,6-7,10-12H2,(H,19,21)/t16-,17-/m0/s1. The van der Waals surface area contributed by atoms with Crippen molar-refractivity contribution in [2.75, 3.05) is 13.1 Å². The number of nitrogens with one attached hydrogen (secondary N) is 1. The highest BCUT2D eigenvalue weighted by Gasteiger charge is 2.36. The van der Waals surface area contributed by atoms with Gasteiger partial charge in [0.25, 0.3) is 0 Å². The Morgan fingerprint density at radius 3 is 3.04 bits per heavy atom. The Labute approximate surface area is 145 Å². The van der Waals surface area contributed by atoms with Crippen LogP contribution < -0.4 is 0 Å². The normalized spacial score (nSPS) is 23.2. The Balaban J connectivity index is 1.32. The van der Waals surface area contributed by atoms with Crippen LogP contribution in [0.4, 0.5) is 0 Å². The number of rotatable bonds is 3. The highest BCUT2D eigenvalue weighted by Crippen LogP contribution is 2.31. The van der Waals surface area contributed by atoms with E-state index in [0.29, 0.717) is 12.6 Å². The van der Waals surface area contributed by atoms with E-state index < -0.39 is 0 Å². The van der Waals surface area contributed by atoms with Crippen molar-refractivity contribution in [3.63, 3.8) is 0 Å². The van der Waals surface area contributed by atoms with Crippen molar-refractivity contribution in [1.82, 2.24) is 30.1 Å². The number of piperidine rings is 1. The van der Waals surface area contributed by atoms with Gasteiger partial charge in [-0.1, -0.05) is 35.5 Å². The third-order valence-electron chi connectivity index (χ3n) is 5.19. The zero-order chi connectivity index (χ0) is 16.6. The molecule has 0 radical (unpaired) electrons. The van der Waals surface area contributed by atoms with Crippen LogP contribution >= 0.6 is 0 Å². The summed E-state index contributed by atoms with van der Waals surface area (Å²) in [5.41, 5.74) is 4.58. The number of fused-ring (bicyclic) bond motifs is 3. The molecular formula is C18H20N6O. The second-order valence-electron chi connectivity index (χ2n) is 6.75. The van der Waals surface area contributed by atoms with Crippen LogP contribution in [0.2, 0.25) is 0 Å². The van der Waals surface area contributed by atoms with Gasteiger partial charge in [-0.05, 0) is 12.0 Å². The maximum absolute atomic E-state index is 6.07. The van der Waals surface area contributed by atoms with Crippen molar-refractivity contribution in [2.24, 2.45) is 0 Å². The van der Waals surface area contributed by atoms with Crippen molar-refractivity contribution < 1.29 is 4.74 Å². The predicted octanol–water partition coefficient (Wildman–Crippen LogP) is 2.01. The first-order valence-electron chi connectivity index (χ1n) is 8.69. The summed E-state index contributed by atoms with van der Waals surface area (Å²) in [6.45, 7) is 3.40. The summed E-state index contributed by atoms with van der Waals surface area (Å²) in [5.74, 6) is 0. The second kappa shape index (κ2) is 6.09. The van der Waals surface area contributed by atoms with Crippen LogP contribution in [0.15, 0.2) is 42.7 Å². The lowest BCUT2D eigenvalue weighted by atomic mass is 9.99. The lowest BCUT2D eigenvalue weighted by molar-refractivity contribution is -0.0704. The summed E-state index contributed by atoms with van der Waals surface area (Å²) in [6.07, 6.45) is 4.95. The zero-order valence-electron chi connectivity index (χ0n) is 13.9. The number of H-pyrrole nitrogens is 1. The van der Waals surface area contributed by atoms with E-state index in [4.69, 9.17) is 4.74 Å². The number of benzene rings is 1. The van der Waals surface area contributed by atoms with E-state index >= 15 is 0 Å². The maximum atomic E-state index is 6.07. The molecule has 7 nitrogen and oxygen atoms in total. The Hall–Kier alpha value is -2.51. The predicted molar refractivity (Wildman–Crippen MR) is 91.6 cm³/mol. The number of likely N-dealkylation sites (tertiary alicyclic amines) is 1. The molecule has 2 aromatic heterocycles. The molecule has 2 atom stereocenters. The van der Waals surface area contributed by atoms with E-state index in [2.05, 4.69) is 54.4 Å². The van der Waals surface area contributed by atoms with Crippen molar-refractivity contribution in [2.45, 2.75) is 31.7 Å². The van der Waals surface area contributed by atoms with Gasteiger partial charge in [-0.3, -0.25) is 10.00 Å². The number of aromatic nitrogens is 5. The first kappa shape index (κ1) is 14.8. The summed E-state index contributed by atoms with van der Waals surface area (Å²) in [4.78, 5) is 2.44. The molecule has 0 saturated carbocycles. The van der Waals surface area contributed by atoms with Crippen LogP contribution in [-0.4, -0.2) is 49.3 Å². The highest BCUT2D eigenvalue weighted by atomic mass is 16.5. The molecule has 0 aliphatic carbocycles. The average molecular weight is 336 g/mol. The third-order valence-corrected chi connectivity index (χ3v) is 5.19. The molecule has 25 heavy (non-hydrogen) atoms. The number of aromatic amines is 1. The second-order valence-corrected chi connectivity index (χ2v) is 6.75. The molecule has 0 amide bonds. The van der Waals surface area contributed by atoms with Crippen LogP contribution in [0.3, 0.4) is 0 Å². The molecule has 1 aromatic carbocycles. The van der Waals surface area contributed by atoms with Crippen molar-refractivity contribution in [1.29, 1.82) is 0 Å². The van der Waals surface area contributed by atoms with Crippen LogP contribution in [0.25, 0.3) is 11.3 Å². The van der Waals surface area contributed by atoms with Gasteiger partial charge in [-0.15, -0.1) is 5.10 Å². The van der Waals surface area contributed by atoms with Crippen molar-refractivity contribution >= 4 is 0 Å². The molecule has 0 spiro atoms. The molecule has 7 heteroatoms. The molecule has 2 aliphatic rings. The fraction of sp³-hybridized carbons (Fsp3) is 0.389. The van der Waals surface area contributed by atoms with E-state index in [1.165, 1.54) is 11.1 Å². The molecule has 128 valence electrons. The van der Waals surface area contributed by atoms with E-state index in [9.17, 15) is 0 Å². The maximum Gasteiger partial charge on any atom is 0.0932 e. The van der Waals surface area contributed by atoms with Crippen LogP contribution in [-0.2, 0) is 17.9 Å². The Bertz CT molecular complexity index is 857. The summed E-state index contributed by atoms with van der Waals surface area (Å²) >= 11 is 0. The lowest BCUT2D eigenvalue weighted by Gasteiger charge is -2.40. The topological polar surface area (TPSA) is 71.9 Å². The summed E-state index contributed by atoms with van der Waals surface area (Å²) in [6, 6.07) is 10.7. The van der Waals surface area contributed by atoms with Gasteiger partial charge in [-0.2, -0.15) is 5.10 Å². The molecule has 3 aromatic rings. The van der Waals surface area contributed by atoms with Gasteiger partial charge < -0.3 is 4.74 Å². The fourth-order valence-corrected chi connectivity index (χ4v) is 3.92. The van der Waals surface area contributed by atoms with Crippen LogP contribution in [0, 0.1) is 0 Å². The minimum Gasteiger partial charge on any atom is -0.368 e. The monoisotopic (exact) mass is 336 g/mol. The fourth-order valence-electron chi connectivity index (χ4n) is 3.92. The summed E-state index contributed by atoms with van der Waals surface area (Å²) in [7, 11) is 0. The van der Waals surface area contributed by atoms with Gasteiger partial charge in [0.05, 0.1) is 42.5 Å². The van der Waals surface area contributed by atoms with Gasteiger partial charge in [0.1, 0.15) is 0 Å². The smallest absolute Gasteiger partial charge is 0.0932 e. The molecule has 0 bridgehead atoms. The van der Waals surface area contributed by atoms with Crippen LogP contribution in [0.1, 0.15) is 23.7 Å². The highest BCUT2D eigenvalue weighted by molar-refractivity contribution is 5.62. The number of hydrogen-bond donors (Lipinski definition) is 1. The zero-order valence-corrected chi connectivity index (χ0v) is 13.9. The van der Waals surface area contributed by atoms with Crippen LogP contribution in [0.5, 0.6) is 0 Å². The van der Waals surface area contributed by atoms with Gasteiger partial charge in [0.15, 0.2) is 0 Å². The minimum absolute atomic E-state index is 0.176. The molecule has 1 N–H and O–H groups in total. The molecule has 2 aliphatic heterocycles. The van der Waals surface area contributed by atoms with Gasteiger partial charge in [0.2, 0.25) is 0 Å². The minimum atomic E-state index is 0.176. The third kappa shape index (κ3) is 2.65. The number of hydrogen-bond acceptors (Lipinski definition) is 5. The van der Waals surface area contributed by atoms with E-state index in [0.717, 1.165) is 37.4 Å². The lowest BCUT2D eigenvalue weighted by Crippen LogP contribution is -2.48. The SMILES string of the molecule is c1ccc(-c2[nH]ncc2CN2CC[C@H]3[C@H](C2)OCc2cnnn23)cc1. The molecular weight excluding hydrogens is 316 g/mol. The van der Waals surface area contributed by atoms with Gasteiger partial charge in [-0.25, -0.2) is 4.68 Å². The first-order chi connectivity index (χ1) is 12.4. The molecule has 0 unspecified atom stereocenters. The molecule has 1 saturated heterocycles. The number of nitrogens with zero attached hydrogens (tertiary/aromatic N) is 5. The Morgan fingerprint density at radius 2 is 2.12 bits per heavy atom. The first-order valence-corrected chi connectivity index (χ1v) is 8.69. The Morgan fingerprint density at radius 1 is 1.20 bits per heavy atom. The Kier molecular flexibility index (Phi) is 3.61. The van der Waals surface area contributed by atoms with Gasteiger partial charge in [0, 0.05) is 25.2 Å². The summed E-state index contributed by atoms with van der Waals surface area (Å²) in [5, 5.41) is 15.7. The molecule has 1 fully saturated rings. The van der Waals surface area contributed by atoms with Crippen molar-refractivity contribution in [3.8, 4) is 11.3 Å². The van der Waals surface area contributed by atoms with Crippen molar-refractivity contribution in [3.05, 3.63) is 54.0 Å². The molecule has 5 rings (SSSR count). The van der Waals surface area contributed by atoms with E-state index in [-0.39, 0.29) is 6.10 Å². The quantitative estimate of drug-likeness (QED) is 0.792. The van der Waals surface area contributed by atoms with E-state index in [1.54, 1.807) is 6.20 Å². The summed E-state index contributed by atoms with van der Waals surface area (Å²) < 4.78 is 8.12. The number of ether oxygens (including phenoxy) is 1.